The summed E-state index contributed by atoms with van der Waals surface area (Å²) in [6.07, 6.45) is 0.0508. The van der Waals surface area contributed by atoms with E-state index in [9.17, 15) is 0 Å². The minimum Gasteiger partial charge on any atom is -0.383 e. The van der Waals surface area contributed by atoms with E-state index in [2.05, 4.69) is 9.97 Å². The standard InChI is InChI=1S/C10H17N5O2/c1-16-6-4-15(5-7(6)17-2)9-3-8(11)13-10(12)14-9/h3,6-7H,4-5H2,1-2H3,(H4,11,12,13,14). The normalized spacial score (nSPS) is 24.2. The molecule has 1 aromatic heterocycles. The average molecular weight is 239 g/mol. The summed E-state index contributed by atoms with van der Waals surface area (Å²) >= 11 is 0. The molecule has 0 spiro atoms. The number of nitrogen functional groups attached to an aromatic ring is 2. The van der Waals surface area contributed by atoms with Gasteiger partial charge in [-0.25, -0.2) is 0 Å². The molecule has 1 saturated heterocycles. The number of aromatic nitrogens is 2. The van der Waals surface area contributed by atoms with Crippen LogP contribution in [0.5, 0.6) is 0 Å². The Bertz CT molecular complexity index is 368. The minimum absolute atomic E-state index is 0.0254. The first-order valence-electron chi connectivity index (χ1n) is 5.34. The van der Waals surface area contributed by atoms with Gasteiger partial charge in [0.05, 0.1) is 0 Å². The second kappa shape index (κ2) is 4.72. The first-order valence-corrected chi connectivity index (χ1v) is 5.34. The summed E-state index contributed by atoms with van der Waals surface area (Å²) in [6, 6.07) is 1.70. The lowest BCUT2D eigenvalue weighted by Crippen LogP contribution is -2.27. The van der Waals surface area contributed by atoms with Crippen LogP contribution in [-0.2, 0) is 9.47 Å². The molecule has 0 bridgehead atoms. The van der Waals surface area contributed by atoms with Crippen molar-refractivity contribution in [1.82, 2.24) is 9.97 Å². The van der Waals surface area contributed by atoms with Crippen LogP contribution >= 0.6 is 0 Å². The zero-order valence-corrected chi connectivity index (χ0v) is 9.96. The minimum atomic E-state index is 0.0254. The van der Waals surface area contributed by atoms with Crippen LogP contribution in [0.2, 0.25) is 0 Å². The highest BCUT2D eigenvalue weighted by Gasteiger charge is 2.33. The molecule has 0 saturated carbocycles. The summed E-state index contributed by atoms with van der Waals surface area (Å²) < 4.78 is 10.7. The molecule has 94 valence electrons. The van der Waals surface area contributed by atoms with Crippen LogP contribution in [0.1, 0.15) is 0 Å². The molecular formula is C10H17N5O2. The number of hydrogen-bond donors (Lipinski definition) is 2. The van der Waals surface area contributed by atoms with E-state index in [0.29, 0.717) is 24.7 Å². The molecular weight excluding hydrogens is 222 g/mol. The van der Waals surface area contributed by atoms with E-state index in [1.807, 2.05) is 4.90 Å². The second-order valence-corrected chi connectivity index (χ2v) is 3.96. The van der Waals surface area contributed by atoms with E-state index < -0.39 is 0 Å². The molecule has 0 radical (unpaired) electrons. The number of anilines is 3. The Balaban J connectivity index is 2.18. The average Bonchev–Trinajstić information content (AvgIpc) is 2.70. The first-order chi connectivity index (χ1) is 8.13. The number of hydrogen-bond acceptors (Lipinski definition) is 7. The van der Waals surface area contributed by atoms with Crippen molar-refractivity contribution in [3.63, 3.8) is 0 Å². The molecule has 1 aromatic rings. The Hall–Kier alpha value is -1.60. The van der Waals surface area contributed by atoms with Gasteiger partial charge >= 0.3 is 0 Å². The lowest BCUT2D eigenvalue weighted by Gasteiger charge is -2.17. The zero-order valence-electron chi connectivity index (χ0n) is 9.96. The molecule has 2 atom stereocenters. The van der Waals surface area contributed by atoms with Crippen LogP contribution < -0.4 is 16.4 Å². The first kappa shape index (κ1) is 11.9. The molecule has 7 heteroatoms. The van der Waals surface area contributed by atoms with Crippen molar-refractivity contribution in [2.75, 3.05) is 43.7 Å². The van der Waals surface area contributed by atoms with Crippen molar-refractivity contribution in [2.24, 2.45) is 0 Å². The molecule has 4 N–H and O–H groups in total. The summed E-state index contributed by atoms with van der Waals surface area (Å²) in [5, 5.41) is 0. The van der Waals surface area contributed by atoms with E-state index in [0.717, 1.165) is 0 Å². The zero-order chi connectivity index (χ0) is 12.4. The van der Waals surface area contributed by atoms with Gasteiger partial charge < -0.3 is 25.8 Å². The lowest BCUT2D eigenvalue weighted by molar-refractivity contribution is -0.00461. The third-order valence-electron chi connectivity index (χ3n) is 2.89. The van der Waals surface area contributed by atoms with Gasteiger partial charge in [0.25, 0.3) is 0 Å². The molecule has 0 aromatic carbocycles. The van der Waals surface area contributed by atoms with E-state index >= 15 is 0 Å². The third kappa shape index (κ3) is 2.40. The van der Waals surface area contributed by atoms with Crippen LogP contribution in [0, 0.1) is 0 Å². The Morgan fingerprint density at radius 1 is 1.18 bits per heavy atom. The van der Waals surface area contributed by atoms with Crippen molar-refractivity contribution in [3.8, 4) is 0 Å². The molecule has 1 aliphatic rings. The Labute approximate surface area is 99.7 Å². The molecule has 2 heterocycles. The number of nitrogens with two attached hydrogens (primary N) is 2. The topological polar surface area (TPSA) is 99.5 Å². The largest absolute Gasteiger partial charge is 0.383 e. The van der Waals surface area contributed by atoms with Gasteiger partial charge in [-0.1, -0.05) is 0 Å². The molecule has 1 aliphatic heterocycles. The lowest BCUT2D eigenvalue weighted by atomic mass is 10.3. The Morgan fingerprint density at radius 3 is 2.24 bits per heavy atom. The van der Waals surface area contributed by atoms with Gasteiger partial charge in [0.1, 0.15) is 23.8 Å². The van der Waals surface area contributed by atoms with E-state index in [4.69, 9.17) is 20.9 Å². The fourth-order valence-electron chi connectivity index (χ4n) is 2.02. The van der Waals surface area contributed by atoms with Gasteiger partial charge in [0.2, 0.25) is 5.95 Å². The quantitative estimate of drug-likeness (QED) is 0.732. The fourth-order valence-corrected chi connectivity index (χ4v) is 2.02. The van der Waals surface area contributed by atoms with Crippen LogP contribution in [-0.4, -0.2) is 49.5 Å². The molecule has 7 nitrogen and oxygen atoms in total. The molecule has 17 heavy (non-hydrogen) atoms. The SMILES string of the molecule is COC1CN(c2cc(N)nc(N)n2)CC1OC. The molecule has 2 unspecified atom stereocenters. The van der Waals surface area contributed by atoms with Crippen LogP contribution in [0.15, 0.2) is 6.07 Å². The number of rotatable bonds is 3. The summed E-state index contributed by atoms with van der Waals surface area (Å²) in [5.74, 6) is 1.24. The summed E-state index contributed by atoms with van der Waals surface area (Å²) in [4.78, 5) is 10.0. The van der Waals surface area contributed by atoms with E-state index in [1.54, 1.807) is 20.3 Å². The smallest absolute Gasteiger partial charge is 0.223 e. The second-order valence-electron chi connectivity index (χ2n) is 3.96. The van der Waals surface area contributed by atoms with Crippen LogP contribution in [0.4, 0.5) is 17.6 Å². The van der Waals surface area contributed by atoms with Crippen LogP contribution in [0.3, 0.4) is 0 Å². The number of methoxy groups -OCH3 is 2. The fraction of sp³-hybridized carbons (Fsp3) is 0.600. The maximum Gasteiger partial charge on any atom is 0.223 e. The highest BCUT2D eigenvalue weighted by molar-refractivity contribution is 5.51. The van der Waals surface area contributed by atoms with Gasteiger partial charge in [-0.15, -0.1) is 0 Å². The van der Waals surface area contributed by atoms with Gasteiger partial charge in [-0.3, -0.25) is 0 Å². The van der Waals surface area contributed by atoms with Gasteiger partial charge in [0.15, 0.2) is 0 Å². The molecule has 2 rings (SSSR count). The number of nitrogens with zero attached hydrogens (tertiary/aromatic N) is 3. The van der Waals surface area contributed by atoms with Crippen molar-refractivity contribution >= 4 is 17.6 Å². The maximum atomic E-state index is 5.64. The summed E-state index contributed by atoms with van der Waals surface area (Å²) in [7, 11) is 3.34. The van der Waals surface area contributed by atoms with E-state index in [-0.39, 0.29) is 18.2 Å². The molecule has 0 aliphatic carbocycles. The summed E-state index contributed by atoms with van der Waals surface area (Å²) in [6.45, 7) is 1.40. The van der Waals surface area contributed by atoms with Crippen molar-refractivity contribution < 1.29 is 9.47 Å². The Kier molecular flexibility index (Phi) is 3.30. The molecule has 0 amide bonds. The predicted octanol–water partition coefficient (Wildman–Crippen LogP) is -0.509. The highest BCUT2D eigenvalue weighted by atomic mass is 16.5. The predicted molar refractivity (Wildman–Crippen MR) is 64.7 cm³/mol. The monoisotopic (exact) mass is 239 g/mol. The van der Waals surface area contributed by atoms with Crippen molar-refractivity contribution in [3.05, 3.63) is 6.07 Å². The van der Waals surface area contributed by atoms with Crippen LogP contribution in [0.25, 0.3) is 0 Å². The van der Waals surface area contributed by atoms with Gasteiger partial charge in [-0.05, 0) is 0 Å². The maximum absolute atomic E-state index is 5.64. The molecule has 1 fully saturated rings. The number of ether oxygens (including phenoxy) is 2. The van der Waals surface area contributed by atoms with Crippen molar-refractivity contribution in [1.29, 1.82) is 0 Å². The van der Waals surface area contributed by atoms with Gasteiger partial charge in [0, 0.05) is 33.4 Å². The highest BCUT2D eigenvalue weighted by Crippen LogP contribution is 2.23. The van der Waals surface area contributed by atoms with Gasteiger partial charge in [-0.2, -0.15) is 9.97 Å². The third-order valence-corrected chi connectivity index (χ3v) is 2.89. The van der Waals surface area contributed by atoms with Crippen molar-refractivity contribution in [2.45, 2.75) is 12.2 Å². The summed E-state index contributed by atoms with van der Waals surface area (Å²) in [5.41, 5.74) is 11.2. The van der Waals surface area contributed by atoms with E-state index in [1.165, 1.54) is 0 Å². The Morgan fingerprint density at radius 2 is 1.76 bits per heavy atom.